The predicted molar refractivity (Wildman–Crippen MR) is 76.5 cm³/mol. The van der Waals surface area contributed by atoms with E-state index in [0.29, 0.717) is 0 Å². The SMILES string of the molecule is COc1ccc2c3c1-c1c(F)cccc1CC3NCC2. The number of fused-ring (bicyclic) bond motifs is 2. The van der Waals surface area contributed by atoms with Crippen molar-refractivity contribution in [2.24, 2.45) is 0 Å². The van der Waals surface area contributed by atoms with Crippen LogP contribution in [0, 0.1) is 5.82 Å². The fourth-order valence-electron chi connectivity index (χ4n) is 3.58. The molecule has 1 atom stereocenters. The van der Waals surface area contributed by atoms with Gasteiger partial charge in [0.15, 0.2) is 0 Å². The third-order valence-corrected chi connectivity index (χ3v) is 4.42. The molecule has 3 heteroatoms. The topological polar surface area (TPSA) is 21.3 Å². The van der Waals surface area contributed by atoms with Gasteiger partial charge < -0.3 is 10.1 Å². The van der Waals surface area contributed by atoms with Gasteiger partial charge in [-0.15, -0.1) is 0 Å². The molecular weight excluding hydrogens is 253 g/mol. The Morgan fingerprint density at radius 3 is 2.90 bits per heavy atom. The fraction of sp³-hybridized carbons (Fsp3) is 0.294. The van der Waals surface area contributed by atoms with Gasteiger partial charge in [-0.1, -0.05) is 18.2 Å². The second-order valence-corrected chi connectivity index (χ2v) is 5.45. The Morgan fingerprint density at radius 2 is 2.05 bits per heavy atom. The van der Waals surface area contributed by atoms with E-state index in [4.69, 9.17) is 4.74 Å². The van der Waals surface area contributed by atoms with Crippen molar-refractivity contribution in [1.29, 1.82) is 0 Å². The largest absolute Gasteiger partial charge is 0.496 e. The van der Waals surface area contributed by atoms with Crippen LogP contribution in [0.15, 0.2) is 30.3 Å². The summed E-state index contributed by atoms with van der Waals surface area (Å²) in [6, 6.07) is 9.71. The Hall–Kier alpha value is -1.87. The number of hydrogen-bond acceptors (Lipinski definition) is 2. The summed E-state index contributed by atoms with van der Waals surface area (Å²) in [5.41, 5.74) is 5.28. The first-order valence-corrected chi connectivity index (χ1v) is 7.00. The summed E-state index contributed by atoms with van der Waals surface area (Å²) in [5, 5.41) is 3.55. The minimum Gasteiger partial charge on any atom is -0.496 e. The molecule has 20 heavy (non-hydrogen) atoms. The van der Waals surface area contributed by atoms with Crippen LogP contribution in [-0.4, -0.2) is 13.7 Å². The number of hydrogen-bond donors (Lipinski definition) is 1. The van der Waals surface area contributed by atoms with Gasteiger partial charge in [-0.2, -0.15) is 0 Å². The monoisotopic (exact) mass is 269 g/mol. The molecule has 1 aliphatic carbocycles. The Balaban J connectivity index is 2.09. The van der Waals surface area contributed by atoms with Gasteiger partial charge in [0.25, 0.3) is 0 Å². The molecule has 0 bridgehead atoms. The molecule has 2 nitrogen and oxygen atoms in total. The highest BCUT2D eigenvalue weighted by atomic mass is 19.1. The van der Waals surface area contributed by atoms with Crippen LogP contribution in [0.1, 0.15) is 22.7 Å². The first kappa shape index (κ1) is 11.9. The summed E-state index contributed by atoms with van der Waals surface area (Å²) in [7, 11) is 1.65. The number of nitrogens with one attached hydrogen (secondary N) is 1. The number of halogens is 1. The molecular formula is C17H16FNO. The molecule has 2 aromatic rings. The summed E-state index contributed by atoms with van der Waals surface area (Å²) in [4.78, 5) is 0. The summed E-state index contributed by atoms with van der Waals surface area (Å²) in [6.07, 6.45) is 1.84. The minimum absolute atomic E-state index is 0.154. The molecule has 102 valence electrons. The highest BCUT2D eigenvalue weighted by Crippen LogP contribution is 2.47. The van der Waals surface area contributed by atoms with Crippen molar-refractivity contribution < 1.29 is 9.13 Å². The molecule has 0 spiro atoms. The maximum atomic E-state index is 14.4. The van der Waals surface area contributed by atoms with Gasteiger partial charge in [-0.05, 0) is 48.2 Å². The third-order valence-electron chi connectivity index (χ3n) is 4.42. The number of benzene rings is 2. The van der Waals surface area contributed by atoms with Crippen LogP contribution in [0.3, 0.4) is 0 Å². The molecule has 2 aromatic carbocycles. The van der Waals surface area contributed by atoms with Gasteiger partial charge in [0.05, 0.1) is 7.11 Å². The smallest absolute Gasteiger partial charge is 0.131 e. The highest BCUT2D eigenvalue weighted by molar-refractivity contribution is 5.81. The molecule has 4 rings (SSSR count). The third kappa shape index (κ3) is 1.53. The average molecular weight is 269 g/mol. The quantitative estimate of drug-likeness (QED) is 0.858. The Morgan fingerprint density at radius 1 is 1.15 bits per heavy atom. The van der Waals surface area contributed by atoms with Gasteiger partial charge >= 0.3 is 0 Å². The summed E-state index contributed by atoms with van der Waals surface area (Å²) in [6.45, 7) is 0.980. The van der Waals surface area contributed by atoms with Gasteiger partial charge in [0.2, 0.25) is 0 Å². The van der Waals surface area contributed by atoms with Crippen molar-refractivity contribution in [3.63, 3.8) is 0 Å². The maximum Gasteiger partial charge on any atom is 0.131 e. The van der Waals surface area contributed by atoms with E-state index in [1.165, 1.54) is 17.2 Å². The van der Waals surface area contributed by atoms with Crippen molar-refractivity contribution in [3.05, 3.63) is 52.8 Å². The first-order chi connectivity index (χ1) is 9.79. The van der Waals surface area contributed by atoms with E-state index in [2.05, 4.69) is 11.4 Å². The van der Waals surface area contributed by atoms with Crippen molar-refractivity contribution in [1.82, 2.24) is 5.32 Å². The van der Waals surface area contributed by atoms with E-state index in [0.717, 1.165) is 41.8 Å². The van der Waals surface area contributed by atoms with E-state index in [9.17, 15) is 4.39 Å². The Bertz CT molecular complexity index is 696. The predicted octanol–water partition coefficient (Wildman–Crippen LogP) is 3.24. The zero-order chi connectivity index (χ0) is 13.7. The molecule has 2 aliphatic rings. The summed E-state index contributed by atoms with van der Waals surface area (Å²) in [5.74, 6) is 0.613. The second kappa shape index (κ2) is 4.32. The van der Waals surface area contributed by atoms with E-state index in [1.807, 2.05) is 12.1 Å². The number of ether oxygens (including phenoxy) is 1. The second-order valence-electron chi connectivity index (χ2n) is 5.45. The Labute approximate surface area is 117 Å². The molecule has 1 heterocycles. The van der Waals surface area contributed by atoms with Gasteiger partial charge in [0.1, 0.15) is 11.6 Å². The molecule has 0 saturated carbocycles. The van der Waals surface area contributed by atoms with Crippen molar-refractivity contribution >= 4 is 0 Å². The standard InChI is InChI=1S/C17H16FNO/c1-20-14-6-5-10-7-8-19-13-9-11-3-2-4-12(18)15(11)17(14)16(10)13/h2-6,13,19H,7-9H2,1H3. The van der Waals surface area contributed by atoms with Crippen LogP contribution in [0.25, 0.3) is 11.1 Å². The van der Waals surface area contributed by atoms with Gasteiger partial charge in [0, 0.05) is 17.2 Å². The molecule has 0 saturated heterocycles. The molecule has 1 unspecified atom stereocenters. The zero-order valence-corrected chi connectivity index (χ0v) is 11.4. The Kier molecular flexibility index (Phi) is 2.57. The number of methoxy groups -OCH3 is 1. The van der Waals surface area contributed by atoms with Crippen molar-refractivity contribution in [2.45, 2.75) is 18.9 Å². The maximum absolute atomic E-state index is 14.4. The van der Waals surface area contributed by atoms with Crippen LogP contribution in [0.4, 0.5) is 4.39 Å². The van der Waals surface area contributed by atoms with Gasteiger partial charge in [-0.25, -0.2) is 4.39 Å². The van der Waals surface area contributed by atoms with Gasteiger partial charge in [-0.3, -0.25) is 0 Å². The summed E-state index contributed by atoms with van der Waals surface area (Å²) < 4.78 is 19.9. The van der Waals surface area contributed by atoms with Crippen LogP contribution in [-0.2, 0) is 12.8 Å². The van der Waals surface area contributed by atoms with Crippen molar-refractivity contribution in [2.75, 3.05) is 13.7 Å². The highest BCUT2D eigenvalue weighted by Gasteiger charge is 2.32. The van der Waals surface area contributed by atoms with E-state index < -0.39 is 0 Å². The lowest BCUT2D eigenvalue weighted by molar-refractivity contribution is 0.411. The first-order valence-electron chi connectivity index (χ1n) is 7.00. The summed E-state index contributed by atoms with van der Waals surface area (Å²) >= 11 is 0. The number of rotatable bonds is 1. The van der Waals surface area contributed by atoms with Crippen LogP contribution >= 0.6 is 0 Å². The molecule has 0 radical (unpaired) electrons. The lowest BCUT2D eigenvalue weighted by atomic mass is 9.77. The molecule has 0 fully saturated rings. The van der Waals surface area contributed by atoms with E-state index >= 15 is 0 Å². The lowest BCUT2D eigenvalue weighted by Gasteiger charge is -2.35. The lowest BCUT2D eigenvalue weighted by Crippen LogP contribution is -2.34. The zero-order valence-electron chi connectivity index (χ0n) is 11.4. The fourth-order valence-corrected chi connectivity index (χ4v) is 3.58. The van der Waals surface area contributed by atoms with E-state index in [1.54, 1.807) is 13.2 Å². The molecule has 1 N–H and O–H groups in total. The minimum atomic E-state index is -0.154. The molecule has 0 aromatic heterocycles. The van der Waals surface area contributed by atoms with Crippen molar-refractivity contribution in [3.8, 4) is 16.9 Å². The molecule has 0 amide bonds. The normalized spacial score (nSPS) is 19.2. The van der Waals surface area contributed by atoms with Crippen LogP contribution < -0.4 is 10.1 Å². The molecule has 1 aliphatic heterocycles. The van der Waals surface area contributed by atoms with Crippen LogP contribution in [0.5, 0.6) is 5.75 Å². The van der Waals surface area contributed by atoms with E-state index in [-0.39, 0.29) is 11.9 Å². The van der Waals surface area contributed by atoms with Crippen LogP contribution in [0.2, 0.25) is 0 Å². The average Bonchev–Trinajstić information content (AvgIpc) is 2.48.